The van der Waals surface area contributed by atoms with Crippen molar-refractivity contribution in [1.29, 1.82) is 0 Å². The number of sulfonamides is 1. The summed E-state index contributed by atoms with van der Waals surface area (Å²) in [4.78, 5) is 14.0. The third-order valence-corrected chi connectivity index (χ3v) is 5.54. The van der Waals surface area contributed by atoms with E-state index in [0.717, 1.165) is 11.1 Å². The van der Waals surface area contributed by atoms with E-state index in [1.54, 1.807) is 31.3 Å². The van der Waals surface area contributed by atoms with Crippen LogP contribution >= 0.6 is 12.4 Å². The predicted octanol–water partition coefficient (Wildman–Crippen LogP) is 1.72. The highest BCUT2D eigenvalue weighted by Gasteiger charge is 2.19. The zero-order valence-electron chi connectivity index (χ0n) is 15.5. The molecule has 1 amide bonds. The van der Waals surface area contributed by atoms with Gasteiger partial charge in [0, 0.05) is 20.1 Å². The third kappa shape index (κ3) is 6.95. The van der Waals surface area contributed by atoms with Crippen LogP contribution in [0.15, 0.2) is 59.5 Å². The molecule has 0 aliphatic rings. The van der Waals surface area contributed by atoms with Crippen molar-refractivity contribution in [3.05, 3.63) is 65.7 Å². The minimum Gasteiger partial charge on any atom is -0.343 e. The summed E-state index contributed by atoms with van der Waals surface area (Å²) in [5.41, 5.74) is 7.96. The molecule has 0 radical (unpaired) electrons. The Labute approximate surface area is 167 Å². The maximum Gasteiger partial charge on any atom is 0.240 e. The number of aryl methyl sites for hydroxylation is 1. The normalized spacial score (nSPS) is 12.1. The number of amides is 1. The molecule has 2 aromatic carbocycles. The topological polar surface area (TPSA) is 92.5 Å². The standard InChI is InChI=1S/C19H25N3O3S.ClH/c1-15-8-10-17(11-9-15)26(24,25)21-12-13-22(2)19(23)18(20)14-16-6-4-3-5-7-16;/h3-11,18,21H,12-14,20H2,1-2H3;1H/t18-;/m0./s1. The molecule has 0 aliphatic carbocycles. The van der Waals surface area contributed by atoms with Crippen molar-refractivity contribution >= 4 is 28.3 Å². The molecule has 2 rings (SSSR count). The number of nitrogens with one attached hydrogen (secondary N) is 1. The molecular weight excluding hydrogens is 386 g/mol. The maximum atomic E-state index is 12.3. The van der Waals surface area contributed by atoms with Gasteiger partial charge in [-0.2, -0.15) is 0 Å². The molecule has 6 nitrogen and oxygen atoms in total. The Hall–Kier alpha value is -1.93. The second kappa shape index (κ2) is 10.4. The van der Waals surface area contributed by atoms with Crippen LogP contribution in [0, 0.1) is 6.92 Å². The molecule has 1 atom stereocenters. The number of halogens is 1. The smallest absolute Gasteiger partial charge is 0.240 e. The summed E-state index contributed by atoms with van der Waals surface area (Å²) in [5, 5.41) is 0. The van der Waals surface area contributed by atoms with Crippen LogP contribution in [0.5, 0.6) is 0 Å². The minimum atomic E-state index is -3.59. The molecule has 0 bridgehead atoms. The zero-order chi connectivity index (χ0) is 19.2. The van der Waals surface area contributed by atoms with E-state index >= 15 is 0 Å². The second-order valence-corrected chi connectivity index (χ2v) is 8.03. The molecule has 0 aliphatic heterocycles. The van der Waals surface area contributed by atoms with Crippen LogP contribution in [0.3, 0.4) is 0 Å². The van der Waals surface area contributed by atoms with Gasteiger partial charge in [0.1, 0.15) is 0 Å². The van der Waals surface area contributed by atoms with E-state index in [2.05, 4.69) is 4.72 Å². The average molecular weight is 412 g/mol. The first-order valence-electron chi connectivity index (χ1n) is 8.40. The van der Waals surface area contributed by atoms with Gasteiger partial charge >= 0.3 is 0 Å². The van der Waals surface area contributed by atoms with E-state index in [1.165, 1.54) is 4.90 Å². The maximum absolute atomic E-state index is 12.3. The van der Waals surface area contributed by atoms with Gasteiger partial charge in [-0.25, -0.2) is 13.1 Å². The van der Waals surface area contributed by atoms with Crippen LogP contribution in [-0.4, -0.2) is 45.4 Å². The van der Waals surface area contributed by atoms with Gasteiger partial charge in [0.15, 0.2) is 0 Å². The number of rotatable bonds is 8. The van der Waals surface area contributed by atoms with Crippen LogP contribution in [0.2, 0.25) is 0 Å². The zero-order valence-corrected chi connectivity index (χ0v) is 17.1. The highest BCUT2D eigenvalue weighted by Crippen LogP contribution is 2.09. The van der Waals surface area contributed by atoms with Crippen LogP contribution in [0.4, 0.5) is 0 Å². The highest BCUT2D eigenvalue weighted by atomic mass is 35.5. The molecule has 0 heterocycles. The van der Waals surface area contributed by atoms with Gasteiger partial charge in [-0.05, 0) is 31.0 Å². The summed E-state index contributed by atoms with van der Waals surface area (Å²) in [6.45, 7) is 2.26. The Morgan fingerprint density at radius 1 is 1.11 bits per heavy atom. The van der Waals surface area contributed by atoms with E-state index in [1.807, 2.05) is 37.3 Å². The van der Waals surface area contributed by atoms with Gasteiger partial charge < -0.3 is 10.6 Å². The molecule has 2 aromatic rings. The van der Waals surface area contributed by atoms with E-state index in [9.17, 15) is 13.2 Å². The van der Waals surface area contributed by atoms with Gasteiger partial charge in [0.25, 0.3) is 0 Å². The van der Waals surface area contributed by atoms with Gasteiger partial charge in [0.2, 0.25) is 15.9 Å². The summed E-state index contributed by atoms with van der Waals surface area (Å²) >= 11 is 0. The summed E-state index contributed by atoms with van der Waals surface area (Å²) < 4.78 is 27.0. The van der Waals surface area contributed by atoms with Crippen molar-refractivity contribution in [3.63, 3.8) is 0 Å². The van der Waals surface area contributed by atoms with Gasteiger partial charge in [-0.15, -0.1) is 12.4 Å². The van der Waals surface area contributed by atoms with E-state index in [-0.39, 0.29) is 36.3 Å². The number of benzene rings is 2. The molecular formula is C19H26ClN3O3S. The quantitative estimate of drug-likeness (QED) is 0.691. The number of carbonyl (C=O) groups excluding carboxylic acids is 1. The lowest BCUT2D eigenvalue weighted by molar-refractivity contribution is -0.131. The second-order valence-electron chi connectivity index (χ2n) is 6.27. The molecule has 0 fully saturated rings. The van der Waals surface area contributed by atoms with Crippen LogP contribution in [0.1, 0.15) is 11.1 Å². The number of nitrogens with two attached hydrogens (primary N) is 1. The first-order chi connectivity index (χ1) is 12.3. The number of nitrogens with zero attached hydrogens (tertiary/aromatic N) is 1. The van der Waals surface area contributed by atoms with Crippen molar-refractivity contribution in [2.75, 3.05) is 20.1 Å². The Morgan fingerprint density at radius 3 is 2.30 bits per heavy atom. The molecule has 3 N–H and O–H groups in total. The largest absolute Gasteiger partial charge is 0.343 e. The first-order valence-corrected chi connectivity index (χ1v) is 9.89. The summed E-state index contributed by atoms with van der Waals surface area (Å²) in [7, 11) is -1.97. The van der Waals surface area contributed by atoms with Gasteiger partial charge in [-0.1, -0.05) is 48.0 Å². The fourth-order valence-electron chi connectivity index (χ4n) is 2.50. The number of carbonyl (C=O) groups is 1. The summed E-state index contributed by atoms with van der Waals surface area (Å²) in [5.74, 6) is -0.219. The van der Waals surface area contributed by atoms with Crippen LogP contribution in [-0.2, 0) is 21.2 Å². The Bertz CT molecular complexity index is 827. The third-order valence-electron chi connectivity index (χ3n) is 4.06. The van der Waals surface area contributed by atoms with Crippen molar-refractivity contribution in [3.8, 4) is 0 Å². The number of likely N-dealkylation sites (N-methyl/N-ethyl adjacent to an activating group) is 1. The molecule has 0 spiro atoms. The average Bonchev–Trinajstić information content (AvgIpc) is 2.62. The number of hydrogen-bond acceptors (Lipinski definition) is 4. The molecule has 0 saturated carbocycles. The fraction of sp³-hybridized carbons (Fsp3) is 0.316. The molecule has 8 heteroatoms. The van der Waals surface area contributed by atoms with Crippen LogP contribution in [0.25, 0.3) is 0 Å². The van der Waals surface area contributed by atoms with E-state index < -0.39 is 16.1 Å². The molecule has 0 aromatic heterocycles. The fourth-order valence-corrected chi connectivity index (χ4v) is 3.52. The van der Waals surface area contributed by atoms with E-state index in [4.69, 9.17) is 5.73 Å². The number of hydrogen-bond donors (Lipinski definition) is 2. The Kier molecular flexibility index (Phi) is 8.92. The van der Waals surface area contributed by atoms with Gasteiger partial charge in [0.05, 0.1) is 10.9 Å². The SMILES string of the molecule is Cc1ccc(S(=O)(=O)NCCN(C)C(=O)[C@@H](N)Cc2ccccc2)cc1.Cl. The summed E-state index contributed by atoms with van der Waals surface area (Å²) in [6.07, 6.45) is 0.444. The monoisotopic (exact) mass is 411 g/mol. The van der Waals surface area contributed by atoms with Crippen molar-refractivity contribution in [2.24, 2.45) is 5.73 Å². The molecule has 0 unspecified atom stereocenters. The van der Waals surface area contributed by atoms with Crippen LogP contribution < -0.4 is 10.5 Å². The lowest BCUT2D eigenvalue weighted by atomic mass is 10.1. The highest BCUT2D eigenvalue weighted by molar-refractivity contribution is 7.89. The Morgan fingerprint density at radius 2 is 1.70 bits per heavy atom. The Balaban J connectivity index is 0.00000364. The van der Waals surface area contributed by atoms with Crippen molar-refractivity contribution in [2.45, 2.75) is 24.3 Å². The molecule has 27 heavy (non-hydrogen) atoms. The minimum absolute atomic E-state index is 0. The summed E-state index contributed by atoms with van der Waals surface area (Å²) in [6, 6.07) is 15.5. The lowest BCUT2D eigenvalue weighted by Crippen LogP contribution is -2.45. The molecule has 148 valence electrons. The first kappa shape index (κ1) is 23.1. The predicted molar refractivity (Wildman–Crippen MR) is 109 cm³/mol. The van der Waals surface area contributed by atoms with Crippen molar-refractivity contribution < 1.29 is 13.2 Å². The van der Waals surface area contributed by atoms with Crippen molar-refractivity contribution in [1.82, 2.24) is 9.62 Å². The van der Waals surface area contributed by atoms with E-state index in [0.29, 0.717) is 6.42 Å². The molecule has 0 saturated heterocycles. The lowest BCUT2D eigenvalue weighted by Gasteiger charge is -2.21. The van der Waals surface area contributed by atoms with Gasteiger partial charge in [-0.3, -0.25) is 4.79 Å².